The summed E-state index contributed by atoms with van der Waals surface area (Å²) in [4.78, 5) is 11.0. The predicted octanol–water partition coefficient (Wildman–Crippen LogP) is 2.26. The molecule has 1 aliphatic rings. The van der Waals surface area contributed by atoms with Gasteiger partial charge < -0.3 is 10.1 Å². The number of carbonyl (C=O) groups is 1. The van der Waals surface area contributed by atoms with E-state index in [9.17, 15) is 18.0 Å². The van der Waals surface area contributed by atoms with Gasteiger partial charge >= 0.3 is 12.1 Å². The van der Waals surface area contributed by atoms with E-state index >= 15 is 0 Å². The van der Waals surface area contributed by atoms with Gasteiger partial charge in [0.2, 0.25) is 0 Å². The van der Waals surface area contributed by atoms with E-state index < -0.39 is 12.1 Å². The monoisotopic (exact) mass is 253 g/mol. The molecule has 100 valence electrons. The maximum Gasteiger partial charge on any atom is 0.391 e. The second kappa shape index (κ2) is 6.23. The van der Waals surface area contributed by atoms with E-state index in [-0.39, 0.29) is 31.4 Å². The summed E-state index contributed by atoms with van der Waals surface area (Å²) in [6.07, 6.45) is -2.87. The standard InChI is InChI=1S/C11H18F3NO2/c1-2-17-10(16)7-15-9-5-3-8(4-6-9)11(12,13)14/h8-9,15H,2-7H2,1H3. The first-order valence-electron chi connectivity index (χ1n) is 5.89. The molecule has 0 spiro atoms. The fourth-order valence-corrected chi connectivity index (χ4v) is 2.06. The number of hydrogen-bond donors (Lipinski definition) is 1. The molecule has 0 amide bonds. The smallest absolute Gasteiger partial charge is 0.391 e. The Morgan fingerprint density at radius 1 is 1.29 bits per heavy atom. The van der Waals surface area contributed by atoms with Crippen molar-refractivity contribution in [2.45, 2.75) is 44.8 Å². The quantitative estimate of drug-likeness (QED) is 0.781. The zero-order valence-electron chi connectivity index (χ0n) is 9.85. The Bertz CT molecular complexity index is 248. The Labute approximate surface area is 98.7 Å². The summed E-state index contributed by atoms with van der Waals surface area (Å²) >= 11 is 0. The van der Waals surface area contributed by atoms with Crippen LogP contribution in [0.1, 0.15) is 32.6 Å². The fourth-order valence-electron chi connectivity index (χ4n) is 2.06. The van der Waals surface area contributed by atoms with Crippen molar-refractivity contribution in [2.75, 3.05) is 13.2 Å². The normalized spacial score (nSPS) is 25.6. The molecular formula is C11H18F3NO2. The molecule has 17 heavy (non-hydrogen) atoms. The molecule has 0 saturated heterocycles. The summed E-state index contributed by atoms with van der Waals surface area (Å²) in [5, 5.41) is 2.94. The van der Waals surface area contributed by atoms with Crippen LogP contribution in [-0.2, 0) is 9.53 Å². The molecule has 1 rings (SSSR count). The number of ether oxygens (including phenoxy) is 1. The molecule has 0 aromatic rings. The van der Waals surface area contributed by atoms with Gasteiger partial charge in [-0.05, 0) is 32.6 Å². The first-order valence-corrected chi connectivity index (χ1v) is 5.89. The number of hydrogen-bond acceptors (Lipinski definition) is 3. The SMILES string of the molecule is CCOC(=O)CNC1CCC(C(F)(F)F)CC1. The minimum absolute atomic E-state index is 0.00185. The lowest BCUT2D eigenvalue weighted by Crippen LogP contribution is -2.39. The van der Waals surface area contributed by atoms with E-state index in [0.717, 1.165) is 0 Å². The highest BCUT2D eigenvalue weighted by Gasteiger charge is 2.41. The van der Waals surface area contributed by atoms with Gasteiger partial charge in [0.25, 0.3) is 0 Å². The summed E-state index contributed by atoms with van der Waals surface area (Å²) in [5.74, 6) is -1.53. The van der Waals surface area contributed by atoms with Crippen LogP contribution in [0.5, 0.6) is 0 Å². The van der Waals surface area contributed by atoms with Gasteiger partial charge in [-0.15, -0.1) is 0 Å². The van der Waals surface area contributed by atoms with Crippen LogP contribution in [0.4, 0.5) is 13.2 Å². The lowest BCUT2D eigenvalue weighted by Gasteiger charge is -2.30. The second-order valence-corrected chi connectivity index (χ2v) is 4.28. The first kappa shape index (κ1) is 14.3. The van der Waals surface area contributed by atoms with Gasteiger partial charge in [0.15, 0.2) is 0 Å². The molecule has 0 atom stereocenters. The maximum absolute atomic E-state index is 12.4. The number of alkyl halides is 3. The molecule has 1 aliphatic carbocycles. The van der Waals surface area contributed by atoms with Crippen molar-refractivity contribution in [1.82, 2.24) is 5.32 Å². The third kappa shape index (κ3) is 4.93. The molecule has 0 bridgehead atoms. The molecule has 0 aromatic carbocycles. The van der Waals surface area contributed by atoms with E-state index in [2.05, 4.69) is 5.32 Å². The molecule has 1 fully saturated rings. The van der Waals surface area contributed by atoms with Crippen molar-refractivity contribution < 1.29 is 22.7 Å². The summed E-state index contributed by atoms with van der Waals surface area (Å²) in [7, 11) is 0. The molecule has 1 saturated carbocycles. The first-order chi connectivity index (χ1) is 7.93. The van der Waals surface area contributed by atoms with Crippen LogP contribution in [0, 0.1) is 5.92 Å². The van der Waals surface area contributed by atoms with Crippen LogP contribution < -0.4 is 5.32 Å². The van der Waals surface area contributed by atoms with Crippen molar-refractivity contribution in [2.24, 2.45) is 5.92 Å². The molecule has 1 N–H and O–H groups in total. The molecule has 0 aromatic heterocycles. The maximum atomic E-state index is 12.4. The summed E-state index contributed by atoms with van der Waals surface area (Å²) in [6.45, 7) is 2.11. The van der Waals surface area contributed by atoms with Gasteiger partial charge in [0.05, 0.1) is 19.1 Å². The molecule has 0 radical (unpaired) electrons. The topological polar surface area (TPSA) is 38.3 Å². The number of esters is 1. The number of nitrogens with one attached hydrogen (secondary N) is 1. The Morgan fingerprint density at radius 2 is 1.88 bits per heavy atom. The van der Waals surface area contributed by atoms with Gasteiger partial charge in [0.1, 0.15) is 0 Å². The van der Waals surface area contributed by atoms with Crippen LogP contribution in [-0.4, -0.2) is 31.3 Å². The van der Waals surface area contributed by atoms with E-state index in [1.807, 2.05) is 0 Å². The highest BCUT2D eigenvalue weighted by Crippen LogP contribution is 2.37. The Balaban J connectivity index is 2.21. The van der Waals surface area contributed by atoms with Gasteiger partial charge in [-0.25, -0.2) is 0 Å². The van der Waals surface area contributed by atoms with Crippen molar-refractivity contribution in [1.29, 1.82) is 0 Å². The lowest BCUT2D eigenvalue weighted by atomic mass is 9.85. The molecular weight excluding hydrogens is 235 g/mol. The average molecular weight is 253 g/mol. The Morgan fingerprint density at radius 3 is 2.35 bits per heavy atom. The lowest BCUT2D eigenvalue weighted by molar-refractivity contribution is -0.182. The number of carbonyl (C=O) groups excluding carboxylic acids is 1. The predicted molar refractivity (Wildman–Crippen MR) is 56.4 cm³/mol. The minimum Gasteiger partial charge on any atom is -0.465 e. The zero-order valence-corrected chi connectivity index (χ0v) is 9.85. The van der Waals surface area contributed by atoms with Crippen molar-refractivity contribution in [3.05, 3.63) is 0 Å². The van der Waals surface area contributed by atoms with Gasteiger partial charge in [-0.2, -0.15) is 13.2 Å². The fraction of sp³-hybridized carbons (Fsp3) is 0.909. The van der Waals surface area contributed by atoms with Gasteiger partial charge in [-0.1, -0.05) is 0 Å². The highest BCUT2D eigenvalue weighted by molar-refractivity contribution is 5.71. The van der Waals surface area contributed by atoms with Crippen LogP contribution >= 0.6 is 0 Å². The van der Waals surface area contributed by atoms with Gasteiger partial charge in [-0.3, -0.25) is 4.79 Å². The van der Waals surface area contributed by atoms with Crippen molar-refractivity contribution in [3.8, 4) is 0 Å². The Hall–Kier alpha value is -0.780. The van der Waals surface area contributed by atoms with Crippen molar-refractivity contribution >= 4 is 5.97 Å². The van der Waals surface area contributed by atoms with E-state index in [0.29, 0.717) is 19.4 Å². The van der Waals surface area contributed by atoms with E-state index in [4.69, 9.17) is 4.74 Å². The highest BCUT2D eigenvalue weighted by atomic mass is 19.4. The molecule has 0 heterocycles. The third-order valence-electron chi connectivity index (χ3n) is 3.03. The molecule has 0 aliphatic heterocycles. The van der Waals surface area contributed by atoms with Crippen molar-refractivity contribution in [3.63, 3.8) is 0 Å². The van der Waals surface area contributed by atoms with Gasteiger partial charge in [0, 0.05) is 6.04 Å². The molecule has 6 heteroatoms. The summed E-state index contributed by atoms with van der Waals surface area (Å²) in [6, 6.07) is -0.00185. The zero-order chi connectivity index (χ0) is 12.9. The summed E-state index contributed by atoms with van der Waals surface area (Å²) < 4.78 is 41.9. The Kier molecular flexibility index (Phi) is 5.24. The average Bonchev–Trinajstić information content (AvgIpc) is 2.26. The van der Waals surface area contributed by atoms with E-state index in [1.165, 1.54) is 0 Å². The van der Waals surface area contributed by atoms with Crippen LogP contribution in [0.3, 0.4) is 0 Å². The third-order valence-corrected chi connectivity index (χ3v) is 3.03. The minimum atomic E-state index is -4.08. The van der Waals surface area contributed by atoms with E-state index in [1.54, 1.807) is 6.92 Å². The van der Waals surface area contributed by atoms with Crippen LogP contribution in [0.15, 0.2) is 0 Å². The molecule has 3 nitrogen and oxygen atoms in total. The largest absolute Gasteiger partial charge is 0.465 e. The molecule has 0 unspecified atom stereocenters. The summed E-state index contributed by atoms with van der Waals surface area (Å²) in [5.41, 5.74) is 0. The number of halogens is 3. The van der Waals surface area contributed by atoms with Crippen LogP contribution in [0.2, 0.25) is 0 Å². The second-order valence-electron chi connectivity index (χ2n) is 4.28. The van der Waals surface area contributed by atoms with Crippen LogP contribution in [0.25, 0.3) is 0 Å². The number of rotatable bonds is 4.